The molecule has 0 bridgehead atoms. The number of methoxy groups -OCH3 is 1. The number of ether oxygens (including phenoxy) is 1. The first kappa shape index (κ1) is 15.2. The van der Waals surface area contributed by atoms with Gasteiger partial charge < -0.3 is 14.0 Å². The van der Waals surface area contributed by atoms with Crippen molar-refractivity contribution in [2.75, 3.05) is 11.8 Å². The Kier molecular flexibility index (Phi) is 4.59. The molecule has 1 aromatic heterocycles. The largest absolute Gasteiger partial charge is 0.496 e. The number of rotatable bonds is 5. The highest BCUT2D eigenvalue weighted by molar-refractivity contribution is 9.10. The average molecular weight is 379 g/mol. The van der Waals surface area contributed by atoms with E-state index in [1.165, 1.54) is 17.5 Å². The predicted molar refractivity (Wildman–Crippen MR) is 93.6 cm³/mol. The molecule has 0 atom stereocenters. The van der Waals surface area contributed by atoms with Crippen LogP contribution in [0.3, 0.4) is 0 Å². The number of anilines is 1. The monoisotopic (exact) mass is 378 g/mol. The topological polar surface area (TPSA) is 47.3 Å². The molecule has 0 saturated heterocycles. The lowest BCUT2D eigenvalue weighted by Gasteiger charge is -2.09. The molecular weight excluding hydrogens is 364 g/mol. The molecule has 0 amide bonds. The normalized spacial score (nSPS) is 10.9. The van der Waals surface area contributed by atoms with Gasteiger partial charge in [-0.05, 0) is 64.1 Å². The third-order valence-electron chi connectivity index (χ3n) is 3.34. The second-order valence-electron chi connectivity index (χ2n) is 4.69. The minimum atomic E-state index is 0.699. The number of hydrogen-bond acceptors (Lipinski definition) is 5. The van der Waals surface area contributed by atoms with Crippen LogP contribution in [0, 0.1) is 0 Å². The number of benzene rings is 2. The van der Waals surface area contributed by atoms with Crippen LogP contribution in [-0.4, -0.2) is 12.3 Å². The van der Waals surface area contributed by atoms with Gasteiger partial charge in [0.1, 0.15) is 5.75 Å². The van der Waals surface area contributed by atoms with E-state index in [2.05, 4.69) is 44.9 Å². The Morgan fingerprint density at radius 1 is 1.32 bits per heavy atom. The summed E-state index contributed by atoms with van der Waals surface area (Å²) in [5, 5.41) is 5.03. The summed E-state index contributed by atoms with van der Waals surface area (Å²) in [6.07, 6.45) is 0.984. The zero-order valence-corrected chi connectivity index (χ0v) is 14.6. The summed E-state index contributed by atoms with van der Waals surface area (Å²) >= 11 is 4.93. The van der Waals surface area contributed by atoms with Gasteiger partial charge in [-0.1, -0.05) is 24.2 Å². The van der Waals surface area contributed by atoms with Crippen LogP contribution >= 0.6 is 27.9 Å². The quantitative estimate of drug-likeness (QED) is 0.611. The SMILES string of the molecule is CCc1ccc(OC)c(SNc2noc3c(Br)cccc23)c1. The van der Waals surface area contributed by atoms with Gasteiger partial charge in [0.05, 0.1) is 21.9 Å². The van der Waals surface area contributed by atoms with Gasteiger partial charge in [0.25, 0.3) is 0 Å². The van der Waals surface area contributed by atoms with E-state index in [-0.39, 0.29) is 0 Å². The number of aryl methyl sites for hydroxylation is 1. The van der Waals surface area contributed by atoms with Gasteiger partial charge in [0.15, 0.2) is 11.4 Å². The van der Waals surface area contributed by atoms with Crippen LogP contribution in [0.15, 0.2) is 50.3 Å². The Morgan fingerprint density at radius 2 is 2.18 bits per heavy atom. The molecule has 114 valence electrons. The minimum Gasteiger partial charge on any atom is -0.496 e. The molecule has 6 heteroatoms. The van der Waals surface area contributed by atoms with Crippen LogP contribution in [0.2, 0.25) is 0 Å². The number of aromatic nitrogens is 1. The molecule has 0 unspecified atom stereocenters. The first-order chi connectivity index (χ1) is 10.7. The van der Waals surface area contributed by atoms with Crippen molar-refractivity contribution in [1.82, 2.24) is 5.16 Å². The Hall–Kier alpha value is -1.66. The van der Waals surface area contributed by atoms with Crippen molar-refractivity contribution >= 4 is 44.7 Å². The van der Waals surface area contributed by atoms with Crippen molar-refractivity contribution in [3.05, 3.63) is 46.4 Å². The first-order valence-electron chi connectivity index (χ1n) is 6.86. The van der Waals surface area contributed by atoms with Crippen molar-refractivity contribution in [3.63, 3.8) is 0 Å². The highest BCUT2D eigenvalue weighted by Gasteiger charge is 2.12. The fourth-order valence-electron chi connectivity index (χ4n) is 2.13. The second kappa shape index (κ2) is 6.62. The summed E-state index contributed by atoms with van der Waals surface area (Å²) in [6, 6.07) is 12.0. The molecule has 2 aromatic carbocycles. The highest BCUT2D eigenvalue weighted by atomic mass is 79.9. The van der Waals surface area contributed by atoms with Crippen molar-refractivity contribution in [3.8, 4) is 5.75 Å². The molecule has 22 heavy (non-hydrogen) atoms. The van der Waals surface area contributed by atoms with Crippen LogP contribution in [0.25, 0.3) is 11.0 Å². The summed E-state index contributed by atoms with van der Waals surface area (Å²) in [5.41, 5.74) is 2.00. The van der Waals surface area contributed by atoms with E-state index in [9.17, 15) is 0 Å². The molecule has 0 radical (unpaired) electrons. The maximum atomic E-state index is 5.41. The van der Waals surface area contributed by atoms with Crippen LogP contribution in [0.5, 0.6) is 5.75 Å². The minimum absolute atomic E-state index is 0.699. The molecule has 1 heterocycles. The van der Waals surface area contributed by atoms with Crippen LogP contribution < -0.4 is 9.46 Å². The van der Waals surface area contributed by atoms with E-state index in [1.54, 1.807) is 7.11 Å². The second-order valence-corrected chi connectivity index (χ2v) is 6.39. The summed E-state index contributed by atoms with van der Waals surface area (Å²) in [7, 11) is 1.67. The number of fused-ring (bicyclic) bond motifs is 1. The Balaban J connectivity index is 1.86. The smallest absolute Gasteiger partial charge is 0.187 e. The standard InChI is InChI=1S/C16H15BrN2O2S/c1-3-10-7-8-13(20-2)14(9-10)22-19-16-11-5-4-6-12(17)15(11)21-18-16/h4-9H,3H2,1-2H3,(H,18,19). The van der Waals surface area contributed by atoms with E-state index in [0.29, 0.717) is 5.82 Å². The molecule has 0 aliphatic heterocycles. The van der Waals surface area contributed by atoms with Gasteiger partial charge in [-0.3, -0.25) is 0 Å². The lowest BCUT2D eigenvalue weighted by atomic mass is 10.2. The van der Waals surface area contributed by atoms with Crippen molar-refractivity contribution in [2.45, 2.75) is 18.2 Å². The zero-order chi connectivity index (χ0) is 15.5. The van der Waals surface area contributed by atoms with Gasteiger partial charge in [0, 0.05) is 0 Å². The van der Waals surface area contributed by atoms with E-state index in [0.717, 1.165) is 32.5 Å². The van der Waals surface area contributed by atoms with Crippen LogP contribution in [0.1, 0.15) is 12.5 Å². The van der Waals surface area contributed by atoms with Crippen molar-refractivity contribution in [1.29, 1.82) is 0 Å². The lowest BCUT2D eigenvalue weighted by Crippen LogP contribution is -1.93. The van der Waals surface area contributed by atoms with Gasteiger partial charge >= 0.3 is 0 Å². The maximum Gasteiger partial charge on any atom is 0.187 e. The van der Waals surface area contributed by atoms with Gasteiger partial charge in [-0.15, -0.1) is 0 Å². The number of para-hydroxylation sites is 1. The maximum absolute atomic E-state index is 5.41. The fourth-order valence-corrected chi connectivity index (χ4v) is 3.38. The first-order valence-corrected chi connectivity index (χ1v) is 8.47. The van der Waals surface area contributed by atoms with Gasteiger partial charge in [-0.25, -0.2) is 0 Å². The molecule has 0 aliphatic carbocycles. The lowest BCUT2D eigenvalue weighted by molar-refractivity contribution is 0.404. The fraction of sp³-hybridized carbons (Fsp3) is 0.188. The predicted octanol–water partition coefficient (Wildman–Crippen LogP) is 5.28. The molecule has 0 aliphatic rings. The summed E-state index contributed by atoms with van der Waals surface area (Å²) in [5.74, 6) is 1.54. The molecule has 0 fully saturated rings. The molecular formula is C16H15BrN2O2S. The third-order valence-corrected chi connectivity index (χ3v) is 4.80. The van der Waals surface area contributed by atoms with E-state index < -0.39 is 0 Å². The summed E-state index contributed by atoms with van der Waals surface area (Å²) in [6.45, 7) is 2.13. The highest BCUT2D eigenvalue weighted by Crippen LogP contribution is 2.34. The number of nitrogens with one attached hydrogen (secondary N) is 1. The molecule has 3 rings (SSSR count). The van der Waals surface area contributed by atoms with Gasteiger partial charge in [0.2, 0.25) is 0 Å². The van der Waals surface area contributed by atoms with Crippen molar-refractivity contribution < 1.29 is 9.26 Å². The molecule has 0 saturated carbocycles. The molecule has 0 spiro atoms. The Morgan fingerprint density at radius 3 is 2.95 bits per heavy atom. The van der Waals surface area contributed by atoms with Gasteiger partial charge in [-0.2, -0.15) is 0 Å². The van der Waals surface area contributed by atoms with Crippen LogP contribution in [-0.2, 0) is 6.42 Å². The van der Waals surface area contributed by atoms with Crippen molar-refractivity contribution in [2.24, 2.45) is 0 Å². The van der Waals surface area contributed by atoms with E-state index >= 15 is 0 Å². The number of halogens is 1. The zero-order valence-electron chi connectivity index (χ0n) is 12.2. The summed E-state index contributed by atoms with van der Waals surface area (Å²) in [4.78, 5) is 1.02. The third kappa shape index (κ3) is 2.94. The number of hydrogen-bond donors (Lipinski definition) is 1. The molecule has 3 aromatic rings. The Labute approximate surface area is 141 Å². The van der Waals surface area contributed by atoms with E-state index in [4.69, 9.17) is 9.26 Å². The van der Waals surface area contributed by atoms with E-state index in [1.807, 2.05) is 24.3 Å². The average Bonchev–Trinajstić information content (AvgIpc) is 2.97. The molecule has 1 N–H and O–H groups in total. The number of nitrogens with zero attached hydrogens (tertiary/aromatic N) is 1. The van der Waals surface area contributed by atoms with Crippen LogP contribution in [0.4, 0.5) is 5.82 Å². The summed E-state index contributed by atoms with van der Waals surface area (Å²) < 4.78 is 14.9. The Bertz CT molecular complexity index is 804. The molecule has 4 nitrogen and oxygen atoms in total.